The van der Waals surface area contributed by atoms with Gasteiger partial charge < -0.3 is 15.0 Å². The lowest BCUT2D eigenvalue weighted by Crippen LogP contribution is -2.35. The second-order valence-corrected chi connectivity index (χ2v) is 5.54. The third kappa shape index (κ3) is 3.57. The van der Waals surface area contributed by atoms with Gasteiger partial charge >= 0.3 is 6.03 Å². The molecule has 2 rings (SSSR count). The summed E-state index contributed by atoms with van der Waals surface area (Å²) in [4.78, 5) is 14.2. The molecule has 5 heteroatoms. The van der Waals surface area contributed by atoms with Crippen molar-refractivity contribution < 1.29 is 9.53 Å². The Morgan fingerprint density at radius 3 is 2.50 bits per heavy atom. The number of hydrogen-bond acceptors (Lipinski definition) is 2. The zero-order valence-corrected chi connectivity index (χ0v) is 12.8. The standard InChI is InChI=1S/C15H21ClN2O2/c1-11-9-13(14(20-2)10-12(11)16)17-15(19)18-7-5-3-4-6-8-18/h9-10H,3-8H2,1-2H3,(H,17,19). The van der Waals surface area contributed by atoms with E-state index in [0.717, 1.165) is 31.5 Å². The number of carbonyl (C=O) groups excluding carboxylic acids is 1. The van der Waals surface area contributed by atoms with Crippen molar-refractivity contribution in [2.75, 3.05) is 25.5 Å². The SMILES string of the molecule is COc1cc(Cl)c(C)cc1NC(=O)N1CCCCCC1. The second-order valence-electron chi connectivity index (χ2n) is 5.13. The molecule has 0 aromatic heterocycles. The summed E-state index contributed by atoms with van der Waals surface area (Å²) >= 11 is 6.07. The van der Waals surface area contributed by atoms with Gasteiger partial charge in [-0.15, -0.1) is 0 Å². The molecule has 1 aliphatic rings. The normalized spacial score (nSPS) is 15.7. The number of ether oxygens (including phenoxy) is 1. The largest absolute Gasteiger partial charge is 0.495 e. The maximum atomic E-state index is 12.3. The first-order chi connectivity index (χ1) is 9.61. The molecule has 20 heavy (non-hydrogen) atoms. The Labute approximate surface area is 125 Å². The fourth-order valence-corrected chi connectivity index (χ4v) is 2.55. The Morgan fingerprint density at radius 1 is 1.25 bits per heavy atom. The van der Waals surface area contributed by atoms with E-state index in [2.05, 4.69) is 5.32 Å². The molecule has 0 radical (unpaired) electrons. The van der Waals surface area contributed by atoms with Crippen molar-refractivity contribution in [2.24, 2.45) is 0 Å². The Kier molecular flexibility index (Phi) is 5.12. The zero-order valence-electron chi connectivity index (χ0n) is 12.0. The van der Waals surface area contributed by atoms with Crippen molar-refractivity contribution in [3.8, 4) is 5.75 Å². The Morgan fingerprint density at radius 2 is 1.90 bits per heavy atom. The van der Waals surface area contributed by atoms with Crippen LogP contribution in [0.1, 0.15) is 31.2 Å². The number of nitrogens with one attached hydrogen (secondary N) is 1. The fraction of sp³-hybridized carbons (Fsp3) is 0.533. The molecule has 1 aromatic rings. The molecular formula is C15H21ClN2O2. The molecule has 1 N–H and O–H groups in total. The quantitative estimate of drug-likeness (QED) is 0.894. The average Bonchev–Trinajstić information content (AvgIpc) is 2.71. The predicted molar refractivity (Wildman–Crippen MR) is 81.8 cm³/mol. The van der Waals surface area contributed by atoms with Crippen LogP contribution in [0.3, 0.4) is 0 Å². The van der Waals surface area contributed by atoms with Gasteiger partial charge in [0.25, 0.3) is 0 Å². The second kappa shape index (κ2) is 6.84. The third-order valence-corrected chi connectivity index (χ3v) is 4.02. The lowest BCUT2D eigenvalue weighted by Gasteiger charge is -2.22. The number of nitrogens with zero attached hydrogens (tertiary/aromatic N) is 1. The molecule has 0 spiro atoms. The van der Waals surface area contributed by atoms with Crippen LogP contribution in [0.5, 0.6) is 5.75 Å². The third-order valence-electron chi connectivity index (χ3n) is 3.62. The van der Waals surface area contributed by atoms with E-state index in [-0.39, 0.29) is 6.03 Å². The summed E-state index contributed by atoms with van der Waals surface area (Å²) in [5.41, 5.74) is 1.59. The number of halogens is 1. The van der Waals surface area contributed by atoms with Crippen LogP contribution in [0.2, 0.25) is 5.02 Å². The molecule has 2 amide bonds. The van der Waals surface area contributed by atoms with Gasteiger partial charge in [0.2, 0.25) is 0 Å². The monoisotopic (exact) mass is 296 g/mol. The first kappa shape index (κ1) is 15.0. The number of anilines is 1. The molecule has 1 fully saturated rings. The summed E-state index contributed by atoms with van der Waals surface area (Å²) in [6.07, 6.45) is 4.55. The van der Waals surface area contributed by atoms with E-state index >= 15 is 0 Å². The van der Waals surface area contributed by atoms with E-state index in [4.69, 9.17) is 16.3 Å². The molecular weight excluding hydrogens is 276 g/mol. The molecule has 0 aliphatic carbocycles. The van der Waals surface area contributed by atoms with Gasteiger partial charge in [0.1, 0.15) is 5.75 Å². The van der Waals surface area contributed by atoms with E-state index in [1.165, 1.54) is 12.8 Å². The van der Waals surface area contributed by atoms with Crippen LogP contribution < -0.4 is 10.1 Å². The Balaban J connectivity index is 2.12. The van der Waals surface area contributed by atoms with E-state index < -0.39 is 0 Å². The van der Waals surface area contributed by atoms with Crippen LogP contribution in [0.25, 0.3) is 0 Å². The highest BCUT2D eigenvalue weighted by Gasteiger charge is 2.17. The smallest absolute Gasteiger partial charge is 0.321 e. The van der Waals surface area contributed by atoms with Crippen LogP contribution in [-0.4, -0.2) is 31.1 Å². The number of hydrogen-bond donors (Lipinski definition) is 1. The summed E-state index contributed by atoms with van der Waals surface area (Å²) in [5.74, 6) is 0.587. The summed E-state index contributed by atoms with van der Waals surface area (Å²) in [5, 5.41) is 3.56. The number of benzene rings is 1. The molecule has 0 unspecified atom stereocenters. The van der Waals surface area contributed by atoms with Gasteiger partial charge in [0.15, 0.2) is 0 Å². The van der Waals surface area contributed by atoms with Crippen LogP contribution in [0.4, 0.5) is 10.5 Å². The maximum absolute atomic E-state index is 12.3. The van der Waals surface area contributed by atoms with Crippen LogP contribution in [0, 0.1) is 6.92 Å². The summed E-state index contributed by atoms with van der Waals surface area (Å²) in [6.45, 7) is 3.55. The molecule has 4 nitrogen and oxygen atoms in total. The van der Waals surface area contributed by atoms with Gasteiger partial charge in [-0.05, 0) is 31.4 Å². The van der Waals surface area contributed by atoms with Gasteiger partial charge in [0, 0.05) is 24.2 Å². The van der Waals surface area contributed by atoms with Gasteiger partial charge in [0.05, 0.1) is 12.8 Å². The van der Waals surface area contributed by atoms with Gasteiger partial charge in [-0.25, -0.2) is 4.79 Å². The van der Waals surface area contributed by atoms with E-state index in [9.17, 15) is 4.79 Å². The van der Waals surface area contributed by atoms with Crippen LogP contribution in [0.15, 0.2) is 12.1 Å². The zero-order chi connectivity index (χ0) is 14.5. The number of rotatable bonds is 2. The molecule has 1 heterocycles. The molecule has 1 aliphatic heterocycles. The molecule has 1 aromatic carbocycles. The van der Waals surface area contributed by atoms with Crippen molar-refractivity contribution in [1.82, 2.24) is 4.90 Å². The number of likely N-dealkylation sites (tertiary alicyclic amines) is 1. The minimum atomic E-state index is -0.0630. The van der Waals surface area contributed by atoms with Crippen molar-refractivity contribution in [1.29, 1.82) is 0 Å². The van der Waals surface area contributed by atoms with Gasteiger partial charge in [-0.3, -0.25) is 0 Å². The van der Waals surface area contributed by atoms with Gasteiger partial charge in [-0.1, -0.05) is 24.4 Å². The number of aryl methyl sites for hydroxylation is 1. The highest BCUT2D eigenvalue weighted by Crippen LogP contribution is 2.31. The first-order valence-corrected chi connectivity index (χ1v) is 7.39. The van der Waals surface area contributed by atoms with Crippen molar-refractivity contribution >= 4 is 23.3 Å². The Bertz CT molecular complexity index is 483. The fourth-order valence-electron chi connectivity index (χ4n) is 2.40. The lowest BCUT2D eigenvalue weighted by atomic mass is 10.2. The number of methoxy groups -OCH3 is 1. The number of urea groups is 1. The van der Waals surface area contributed by atoms with Gasteiger partial charge in [-0.2, -0.15) is 0 Å². The lowest BCUT2D eigenvalue weighted by molar-refractivity contribution is 0.213. The summed E-state index contributed by atoms with van der Waals surface area (Å²) in [7, 11) is 1.57. The number of amides is 2. The van der Waals surface area contributed by atoms with Crippen molar-refractivity contribution in [3.05, 3.63) is 22.7 Å². The molecule has 0 saturated carbocycles. The average molecular weight is 297 g/mol. The number of carbonyl (C=O) groups is 1. The van der Waals surface area contributed by atoms with Crippen LogP contribution in [-0.2, 0) is 0 Å². The van der Waals surface area contributed by atoms with E-state index in [1.54, 1.807) is 13.2 Å². The maximum Gasteiger partial charge on any atom is 0.321 e. The van der Waals surface area contributed by atoms with E-state index in [1.807, 2.05) is 17.9 Å². The van der Waals surface area contributed by atoms with Crippen molar-refractivity contribution in [2.45, 2.75) is 32.6 Å². The topological polar surface area (TPSA) is 41.6 Å². The molecule has 110 valence electrons. The molecule has 1 saturated heterocycles. The highest BCUT2D eigenvalue weighted by atomic mass is 35.5. The minimum absolute atomic E-state index is 0.0630. The Hall–Kier alpha value is -1.42. The summed E-state index contributed by atoms with van der Waals surface area (Å²) in [6, 6.07) is 3.51. The van der Waals surface area contributed by atoms with E-state index in [0.29, 0.717) is 16.5 Å². The summed E-state index contributed by atoms with van der Waals surface area (Å²) < 4.78 is 5.28. The minimum Gasteiger partial charge on any atom is -0.495 e. The predicted octanol–water partition coefficient (Wildman–Crippen LogP) is 4.06. The molecule has 0 atom stereocenters. The van der Waals surface area contributed by atoms with Crippen molar-refractivity contribution in [3.63, 3.8) is 0 Å². The molecule has 0 bridgehead atoms. The van der Waals surface area contributed by atoms with Crippen LogP contribution >= 0.6 is 11.6 Å². The highest BCUT2D eigenvalue weighted by molar-refractivity contribution is 6.31. The first-order valence-electron chi connectivity index (χ1n) is 7.02.